The Hall–Kier alpha value is -0.380. The number of likely N-dealkylation sites (N-methyl/N-ethyl adjacent to an activating group) is 1. The number of aliphatic hydroxyl groups excluding tert-OH is 1. The Morgan fingerprint density at radius 3 is 2.71 bits per heavy atom. The van der Waals surface area contributed by atoms with Crippen molar-refractivity contribution >= 4 is 11.3 Å². The molecule has 1 aromatic heterocycles. The summed E-state index contributed by atoms with van der Waals surface area (Å²) in [5.74, 6) is 1.98. The van der Waals surface area contributed by atoms with E-state index in [1.807, 2.05) is 11.3 Å². The van der Waals surface area contributed by atoms with Gasteiger partial charge in [0.2, 0.25) is 0 Å². The van der Waals surface area contributed by atoms with Crippen LogP contribution in [0.5, 0.6) is 0 Å². The van der Waals surface area contributed by atoms with Crippen molar-refractivity contribution in [1.82, 2.24) is 4.90 Å². The first-order valence-electron chi connectivity index (χ1n) is 8.38. The quantitative estimate of drug-likeness (QED) is 0.857. The molecule has 0 saturated heterocycles. The minimum Gasteiger partial charge on any atom is -0.393 e. The van der Waals surface area contributed by atoms with Crippen LogP contribution in [0.4, 0.5) is 0 Å². The summed E-state index contributed by atoms with van der Waals surface area (Å²) in [4.78, 5) is 3.90. The second-order valence-electron chi connectivity index (χ2n) is 7.22. The van der Waals surface area contributed by atoms with Gasteiger partial charge in [0.1, 0.15) is 0 Å². The zero-order valence-corrected chi connectivity index (χ0v) is 14.8. The first-order valence-corrected chi connectivity index (χ1v) is 9.26. The van der Waals surface area contributed by atoms with E-state index in [9.17, 15) is 5.11 Å². The van der Waals surface area contributed by atoms with Gasteiger partial charge in [-0.1, -0.05) is 19.9 Å². The van der Waals surface area contributed by atoms with E-state index in [1.54, 1.807) is 0 Å². The standard InChI is InChI=1S/C18H31NOS/c1-13(2)15-7-8-18(20)16(11-15)12-19(4)14(3)10-17-6-5-9-21-17/h5-6,9,13-16,18,20H,7-8,10-12H2,1-4H3. The van der Waals surface area contributed by atoms with Crippen LogP contribution in [0, 0.1) is 17.8 Å². The summed E-state index contributed by atoms with van der Waals surface area (Å²) in [5.41, 5.74) is 0. The Bertz CT molecular complexity index is 403. The Balaban J connectivity index is 1.86. The largest absolute Gasteiger partial charge is 0.393 e. The number of hydrogen-bond donors (Lipinski definition) is 1. The molecule has 2 nitrogen and oxygen atoms in total. The van der Waals surface area contributed by atoms with Crippen LogP contribution in [0.2, 0.25) is 0 Å². The molecule has 1 saturated carbocycles. The van der Waals surface area contributed by atoms with E-state index < -0.39 is 0 Å². The van der Waals surface area contributed by atoms with Gasteiger partial charge >= 0.3 is 0 Å². The maximum absolute atomic E-state index is 10.3. The van der Waals surface area contributed by atoms with Gasteiger partial charge in [-0.05, 0) is 68.9 Å². The summed E-state index contributed by atoms with van der Waals surface area (Å²) >= 11 is 1.84. The molecule has 4 unspecified atom stereocenters. The van der Waals surface area contributed by atoms with E-state index in [0.717, 1.165) is 31.2 Å². The van der Waals surface area contributed by atoms with Gasteiger partial charge in [0.25, 0.3) is 0 Å². The third-order valence-electron chi connectivity index (χ3n) is 5.28. The zero-order chi connectivity index (χ0) is 15.4. The first kappa shape index (κ1) is 17.0. The predicted molar refractivity (Wildman–Crippen MR) is 91.8 cm³/mol. The molecule has 1 fully saturated rings. The SMILES string of the molecule is CC(C)C1CCC(O)C(CN(C)C(C)Cc2cccs2)C1. The highest BCUT2D eigenvalue weighted by molar-refractivity contribution is 7.09. The van der Waals surface area contributed by atoms with E-state index in [0.29, 0.717) is 12.0 Å². The van der Waals surface area contributed by atoms with E-state index in [2.05, 4.69) is 50.2 Å². The molecule has 0 bridgehead atoms. The van der Waals surface area contributed by atoms with Gasteiger partial charge < -0.3 is 10.0 Å². The fourth-order valence-electron chi connectivity index (χ4n) is 3.51. The summed E-state index contributed by atoms with van der Waals surface area (Å²) in [6.07, 6.45) is 4.39. The summed E-state index contributed by atoms with van der Waals surface area (Å²) in [6, 6.07) is 4.89. The molecule has 0 radical (unpaired) electrons. The predicted octanol–water partition coefficient (Wildman–Crippen LogP) is 4.04. The molecule has 1 aliphatic rings. The average molecular weight is 310 g/mol. The lowest BCUT2D eigenvalue weighted by Gasteiger charge is -2.38. The van der Waals surface area contributed by atoms with Gasteiger partial charge in [0.15, 0.2) is 0 Å². The normalized spacial score (nSPS) is 28.2. The van der Waals surface area contributed by atoms with Crippen molar-refractivity contribution in [1.29, 1.82) is 0 Å². The van der Waals surface area contributed by atoms with Crippen molar-refractivity contribution in [2.75, 3.05) is 13.6 Å². The number of thiophene rings is 1. The van der Waals surface area contributed by atoms with Gasteiger partial charge in [-0.15, -0.1) is 11.3 Å². The molecule has 2 rings (SSSR count). The van der Waals surface area contributed by atoms with Crippen LogP contribution in [0.15, 0.2) is 17.5 Å². The first-order chi connectivity index (χ1) is 9.97. The molecular formula is C18H31NOS. The van der Waals surface area contributed by atoms with Gasteiger partial charge in [-0.3, -0.25) is 0 Å². The van der Waals surface area contributed by atoms with E-state index in [-0.39, 0.29) is 6.10 Å². The van der Waals surface area contributed by atoms with Gasteiger partial charge in [0, 0.05) is 17.5 Å². The Morgan fingerprint density at radius 2 is 2.10 bits per heavy atom. The lowest BCUT2D eigenvalue weighted by atomic mass is 9.74. The molecule has 1 aromatic rings. The second-order valence-corrected chi connectivity index (χ2v) is 8.25. The van der Waals surface area contributed by atoms with Crippen LogP contribution in [-0.2, 0) is 6.42 Å². The minimum atomic E-state index is -0.101. The highest BCUT2D eigenvalue weighted by Crippen LogP contribution is 2.34. The van der Waals surface area contributed by atoms with Crippen molar-refractivity contribution in [3.63, 3.8) is 0 Å². The minimum absolute atomic E-state index is 0.101. The second kappa shape index (κ2) is 7.75. The zero-order valence-electron chi connectivity index (χ0n) is 14.0. The number of rotatable bonds is 6. The molecule has 0 aromatic carbocycles. The Morgan fingerprint density at radius 1 is 1.33 bits per heavy atom. The molecule has 1 aliphatic carbocycles. The highest BCUT2D eigenvalue weighted by atomic mass is 32.1. The summed E-state index contributed by atoms with van der Waals surface area (Å²) < 4.78 is 0. The van der Waals surface area contributed by atoms with Crippen LogP contribution in [0.25, 0.3) is 0 Å². The Kier molecular flexibility index (Phi) is 6.27. The van der Waals surface area contributed by atoms with Gasteiger partial charge in [-0.2, -0.15) is 0 Å². The van der Waals surface area contributed by atoms with Crippen LogP contribution in [0.3, 0.4) is 0 Å². The van der Waals surface area contributed by atoms with Crippen LogP contribution < -0.4 is 0 Å². The average Bonchev–Trinajstić information content (AvgIpc) is 2.93. The summed E-state index contributed by atoms with van der Waals surface area (Å²) in [5, 5.41) is 12.5. The lowest BCUT2D eigenvalue weighted by molar-refractivity contribution is 0.0173. The molecule has 21 heavy (non-hydrogen) atoms. The molecule has 3 heteroatoms. The molecule has 0 spiro atoms. The van der Waals surface area contributed by atoms with E-state index in [1.165, 1.54) is 17.7 Å². The monoisotopic (exact) mass is 309 g/mol. The molecule has 1 heterocycles. The highest BCUT2D eigenvalue weighted by Gasteiger charge is 2.31. The smallest absolute Gasteiger partial charge is 0.0580 e. The molecular weight excluding hydrogens is 278 g/mol. The third kappa shape index (κ3) is 4.80. The Labute approximate surface area is 134 Å². The molecule has 4 atom stereocenters. The topological polar surface area (TPSA) is 23.5 Å². The van der Waals surface area contributed by atoms with Crippen LogP contribution >= 0.6 is 11.3 Å². The molecule has 0 aliphatic heterocycles. The maximum atomic E-state index is 10.3. The van der Waals surface area contributed by atoms with Crippen molar-refractivity contribution in [3.05, 3.63) is 22.4 Å². The molecule has 0 amide bonds. The van der Waals surface area contributed by atoms with Crippen molar-refractivity contribution in [2.24, 2.45) is 17.8 Å². The van der Waals surface area contributed by atoms with Crippen molar-refractivity contribution in [3.8, 4) is 0 Å². The summed E-state index contributed by atoms with van der Waals surface area (Å²) in [7, 11) is 2.21. The third-order valence-corrected chi connectivity index (χ3v) is 6.18. The number of aliphatic hydroxyl groups is 1. The summed E-state index contributed by atoms with van der Waals surface area (Å²) in [6.45, 7) is 7.97. The van der Waals surface area contributed by atoms with E-state index >= 15 is 0 Å². The fourth-order valence-corrected chi connectivity index (χ4v) is 4.34. The number of nitrogens with zero attached hydrogens (tertiary/aromatic N) is 1. The van der Waals surface area contributed by atoms with E-state index in [4.69, 9.17) is 0 Å². The van der Waals surface area contributed by atoms with Crippen LogP contribution in [0.1, 0.15) is 44.9 Å². The van der Waals surface area contributed by atoms with Gasteiger partial charge in [-0.25, -0.2) is 0 Å². The van der Waals surface area contributed by atoms with Crippen LogP contribution in [-0.4, -0.2) is 35.7 Å². The van der Waals surface area contributed by atoms with Crippen molar-refractivity contribution < 1.29 is 5.11 Å². The molecule has 120 valence electrons. The lowest BCUT2D eigenvalue weighted by Crippen LogP contribution is -2.42. The van der Waals surface area contributed by atoms with Gasteiger partial charge in [0.05, 0.1) is 6.10 Å². The number of hydrogen-bond acceptors (Lipinski definition) is 3. The fraction of sp³-hybridized carbons (Fsp3) is 0.778. The molecule has 1 N–H and O–H groups in total. The maximum Gasteiger partial charge on any atom is 0.0580 e. The van der Waals surface area contributed by atoms with Crippen molar-refractivity contribution in [2.45, 2.75) is 58.6 Å².